The summed E-state index contributed by atoms with van der Waals surface area (Å²) < 4.78 is 62.9. The molecule has 0 spiro atoms. The summed E-state index contributed by atoms with van der Waals surface area (Å²) in [5, 5.41) is 6.14. The Bertz CT molecular complexity index is 566. The summed E-state index contributed by atoms with van der Waals surface area (Å²) in [6, 6.07) is -0.846. The number of hydrogen-bond acceptors (Lipinski definition) is 4. The highest BCUT2D eigenvalue weighted by Gasteiger charge is 2.40. The van der Waals surface area contributed by atoms with Crippen LogP contribution in [0.25, 0.3) is 0 Å². The Labute approximate surface area is 115 Å². The number of nitrogens with one attached hydrogen (secondary N) is 1. The first-order chi connectivity index (χ1) is 9.00. The molecule has 0 atom stereocenters. The van der Waals surface area contributed by atoms with Crippen LogP contribution in [-0.2, 0) is 16.6 Å². The SMILES string of the molecule is Cc1[nH]nc(CN)c1S(=O)(=O)N(CC(F)(F)F)C(C)C. The van der Waals surface area contributed by atoms with Gasteiger partial charge in [0.25, 0.3) is 0 Å². The highest BCUT2D eigenvalue weighted by atomic mass is 32.2. The van der Waals surface area contributed by atoms with Crippen molar-refractivity contribution < 1.29 is 21.6 Å². The van der Waals surface area contributed by atoms with E-state index in [1.165, 1.54) is 20.8 Å². The second-order valence-corrected chi connectivity index (χ2v) is 6.42. The molecule has 0 amide bonds. The minimum Gasteiger partial charge on any atom is -0.325 e. The van der Waals surface area contributed by atoms with Gasteiger partial charge in [0.05, 0.1) is 11.4 Å². The van der Waals surface area contributed by atoms with Crippen LogP contribution < -0.4 is 5.73 Å². The molecule has 0 bridgehead atoms. The van der Waals surface area contributed by atoms with Crippen molar-refractivity contribution in [2.24, 2.45) is 5.73 Å². The second kappa shape index (κ2) is 5.70. The normalized spacial score (nSPS) is 13.4. The van der Waals surface area contributed by atoms with Crippen LogP contribution in [0.1, 0.15) is 25.2 Å². The first kappa shape index (κ1) is 16.9. The number of nitrogens with zero attached hydrogens (tertiary/aromatic N) is 2. The molecule has 0 radical (unpaired) electrons. The van der Waals surface area contributed by atoms with Crippen LogP contribution in [0.2, 0.25) is 0 Å². The van der Waals surface area contributed by atoms with E-state index in [0.717, 1.165) is 0 Å². The van der Waals surface area contributed by atoms with Crippen LogP contribution in [0.15, 0.2) is 4.90 Å². The van der Waals surface area contributed by atoms with E-state index in [4.69, 9.17) is 5.73 Å². The zero-order valence-electron chi connectivity index (χ0n) is 11.3. The average molecular weight is 314 g/mol. The minimum absolute atomic E-state index is 0.0234. The predicted octanol–water partition coefficient (Wildman–Crippen LogP) is 1.14. The van der Waals surface area contributed by atoms with E-state index >= 15 is 0 Å². The summed E-state index contributed by atoms with van der Waals surface area (Å²) in [7, 11) is -4.32. The third kappa shape index (κ3) is 3.49. The van der Waals surface area contributed by atoms with Gasteiger partial charge in [0.2, 0.25) is 10.0 Å². The van der Waals surface area contributed by atoms with E-state index in [2.05, 4.69) is 10.2 Å². The first-order valence-corrected chi connectivity index (χ1v) is 7.27. The van der Waals surface area contributed by atoms with E-state index in [0.29, 0.717) is 4.31 Å². The van der Waals surface area contributed by atoms with Gasteiger partial charge in [-0.1, -0.05) is 0 Å². The molecule has 1 rings (SSSR count). The van der Waals surface area contributed by atoms with Gasteiger partial charge in [-0.05, 0) is 20.8 Å². The maximum Gasteiger partial charge on any atom is 0.402 e. The number of rotatable bonds is 5. The lowest BCUT2D eigenvalue weighted by atomic mass is 10.4. The van der Waals surface area contributed by atoms with E-state index < -0.39 is 28.8 Å². The number of aromatic nitrogens is 2. The molecule has 1 aromatic heterocycles. The van der Waals surface area contributed by atoms with Gasteiger partial charge in [-0.15, -0.1) is 0 Å². The molecule has 0 aliphatic rings. The summed E-state index contributed by atoms with van der Waals surface area (Å²) >= 11 is 0. The van der Waals surface area contributed by atoms with Crippen molar-refractivity contribution in [3.8, 4) is 0 Å². The lowest BCUT2D eigenvalue weighted by molar-refractivity contribution is -0.138. The van der Waals surface area contributed by atoms with Gasteiger partial charge in [-0.3, -0.25) is 5.10 Å². The fourth-order valence-corrected chi connectivity index (χ4v) is 3.75. The number of halogens is 3. The Morgan fingerprint density at radius 1 is 1.40 bits per heavy atom. The Hall–Kier alpha value is -1.13. The van der Waals surface area contributed by atoms with Gasteiger partial charge < -0.3 is 5.73 Å². The van der Waals surface area contributed by atoms with E-state index in [1.54, 1.807) is 0 Å². The molecule has 0 aromatic carbocycles. The molecule has 3 N–H and O–H groups in total. The van der Waals surface area contributed by atoms with Crippen molar-refractivity contribution in [2.45, 2.75) is 44.4 Å². The van der Waals surface area contributed by atoms with Gasteiger partial charge in [-0.25, -0.2) is 8.42 Å². The molecule has 1 aromatic rings. The number of aryl methyl sites for hydroxylation is 1. The molecule has 0 aliphatic heterocycles. The topological polar surface area (TPSA) is 92.1 Å². The Kier molecular flexibility index (Phi) is 4.82. The van der Waals surface area contributed by atoms with Gasteiger partial charge in [-0.2, -0.15) is 22.6 Å². The number of hydrogen-bond donors (Lipinski definition) is 2. The molecule has 0 fully saturated rings. The van der Waals surface area contributed by atoms with Crippen molar-refractivity contribution in [3.63, 3.8) is 0 Å². The van der Waals surface area contributed by atoms with E-state index in [-0.39, 0.29) is 22.8 Å². The molecule has 20 heavy (non-hydrogen) atoms. The molecule has 6 nitrogen and oxygen atoms in total. The quantitative estimate of drug-likeness (QED) is 0.852. The van der Waals surface area contributed by atoms with Gasteiger partial charge in [0, 0.05) is 12.6 Å². The minimum atomic E-state index is -4.63. The van der Waals surface area contributed by atoms with Crippen LogP contribution in [0.4, 0.5) is 13.2 Å². The molecule has 1 heterocycles. The monoisotopic (exact) mass is 314 g/mol. The summed E-state index contributed by atoms with van der Waals surface area (Å²) in [6.07, 6.45) is -4.63. The highest BCUT2D eigenvalue weighted by molar-refractivity contribution is 7.89. The van der Waals surface area contributed by atoms with E-state index in [1.807, 2.05) is 0 Å². The standard InChI is InChI=1S/C10H17F3N4O2S/c1-6(2)17(5-10(11,12)13)20(18,19)9-7(3)15-16-8(9)4-14/h6H,4-5,14H2,1-3H3,(H,15,16). The molecule has 0 saturated heterocycles. The van der Waals surface area contributed by atoms with Crippen LogP contribution in [0.3, 0.4) is 0 Å². The lowest BCUT2D eigenvalue weighted by Crippen LogP contribution is -2.43. The van der Waals surface area contributed by atoms with Crippen LogP contribution in [0, 0.1) is 6.92 Å². The number of nitrogens with two attached hydrogens (primary N) is 1. The number of aromatic amines is 1. The molecular weight excluding hydrogens is 297 g/mol. The van der Waals surface area contributed by atoms with Crippen molar-refractivity contribution >= 4 is 10.0 Å². The maximum absolute atomic E-state index is 12.6. The largest absolute Gasteiger partial charge is 0.402 e. The maximum atomic E-state index is 12.6. The Morgan fingerprint density at radius 2 is 1.95 bits per heavy atom. The number of alkyl halides is 3. The van der Waals surface area contributed by atoms with Crippen molar-refractivity contribution in [1.82, 2.24) is 14.5 Å². The zero-order valence-corrected chi connectivity index (χ0v) is 12.1. The summed E-state index contributed by atoms with van der Waals surface area (Å²) in [6.45, 7) is 2.44. The summed E-state index contributed by atoms with van der Waals surface area (Å²) in [5.74, 6) is 0. The predicted molar refractivity (Wildman–Crippen MR) is 66.3 cm³/mol. The summed E-state index contributed by atoms with van der Waals surface area (Å²) in [5.41, 5.74) is 5.56. The molecule has 0 saturated carbocycles. The van der Waals surface area contributed by atoms with Crippen molar-refractivity contribution in [2.75, 3.05) is 6.54 Å². The van der Waals surface area contributed by atoms with Gasteiger partial charge in [0.15, 0.2) is 0 Å². The molecule has 116 valence electrons. The molecular formula is C10H17F3N4O2S. The smallest absolute Gasteiger partial charge is 0.325 e. The molecule has 10 heteroatoms. The zero-order chi connectivity index (χ0) is 15.7. The van der Waals surface area contributed by atoms with Gasteiger partial charge in [0.1, 0.15) is 11.4 Å². The third-order valence-electron chi connectivity index (χ3n) is 2.63. The van der Waals surface area contributed by atoms with Crippen LogP contribution >= 0.6 is 0 Å². The Morgan fingerprint density at radius 3 is 2.35 bits per heavy atom. The fourth-order valence-electron chi connectivity index (χ4n) is 1.79. The van der Waals surface area contributed by atoms with Crippen molar-refractivity contribution in [3.05, 3.63) is 11.4 Å². The van der Waals surface area contributed by atoms with Crippen LogP contribution in [-0.4, -0.2) is 41.7 Å². The second-order valence-electron chi connectivity index (χ2n) is 4.59. The average Bonchev–Trinajstić information content (AvgIpc) is 2.66. The van der Waals surface area contributed by atoms with Crippen LogP contribution in [0.5, 0.6) is 0 Å². The number of H-pyrrole nitrogens is 1. The first-order valence-electron chi connectivity index (χ1n) is 5.83. The van der Waals surface area contributed by atoms with Gasteiger partial charge >= 0.3 is 6.18 Å². The highest BCUT2D eigenvalue weighted by Crippen LogP contribution is 2.27. The van der Waals surface area contributed by atoms with Crippen molar-refractivity contribution in [1.29, 1.82) is 0 Å². The fraction of sp³-hybridized carbons (Fsp3) is 0.700. The number of sulfonamides is 1. The molecule has 0 unspecified atom stereocenters. The lowest BCUT2D eigenvalue weighted by Gasteiger charge is -2.27. The summed E-state index contributed by atoms with van der Waals surface area (Å²) in [4.78, 5) is -0.280. The third-order valence-corrected chi connectivity index (χ3v) is 4.86. The Balaban J connectivity index is 3.34. The molecule has 0 aliphatic carbocycles. The van der Waals surface area contributed by atoms with E-state index in [9.17, 15) is 21.6 Å².